The SMILES string of the molecule is C[C@@H]1O[C@H]1[C@H](O)/C=C/c1ccccc1. The lowest BCUT2D eigenvalue weighted by molar-refractivity contribution is 0.178. The summed E-state index contributed by atoms with van der Waals surface area (Å²) < 4.78 is 5.17. The number of rotatable bonds is 3. The third-order valence-corrected chi connectivity index (χ3v) is 2.38. The van der Waals surface area contributed by atoms with Crippen molar-refractivity contribution >= 4 is 6.08 Å². The largest absolute Gasteiger partial charge is 0.386 e. The van der Waals surface area contributed by atoms with E-state index in [2.05, 4.69) is 0 Å². The Morgan fingerprint density at radius 3 is 2.57 bits per heavy atom. The first kappa shape index (κ1) is 9.44. The van der Waals surface area contributed by atoms with E-state index in [1.54, 1.807) is 6.08 Å². The number of epoxide rings is 1. The maximum absolute atomic E-state index is 9.61. The molecular formula is C12H14O2. The Morgan fingerprint density at radius 1 is 1.36 bits per heavy atom. The zero-order valence-corrected chi connectivity index (χ0v) is 8.13. The van der Waals surface area contributed by atoms with E-state index in [1.165, 1.54) is 0 Å². The minimum atomic E-state index is -0.481. The van der Waals surface area contributed by atoms with E-state index in [1.807, 2.05) is 43.3 Å². The number of aliphatic hydroxyl groups is 1. The van der Waals surface area contributed by atoms with E-state index >= 15 is 0 Å². The van der Waals surface area contributed by atoms with Crippen molar-refractivity contribution in [3.8, 4) is 0 Å². The third kappa shape index (κ3) is 2.22. The Kier molecular flexibility index (Phi) is 2.66. The van der Waals surface area contributed by atoms with Gasteiger partial charge in [-0.05, 0) is 12.5 Å². The molecule has 0 radical (unpaired) electrons. The molecule has 0 bridgehead atoms. The van der Waals surface area contributed by atoms with Gasteiger partial charge in [0.2, 0.25) is 0 Å². The van der Waals surface area contributed by atoms with Gasteiger partial charge in [-0.1, -0.05) is 42.5 Å². The Bertz CT molecular complexity index is 318. The van der Waals surface area contributed by atoms with E-state index in [-0.39, 0.29) is 12.2 Å². The van der Waals surface area contributed by atoms with Gasteiger partial charge in [0.25, 0.3) is 0 Å². The van der Waals surface area contributed by atoms with Gasteiger partial charge in [-0.2, -0.15) is 0 Å². The first-order valence-electron chi connectivity index (χ1n) is 4.84. The number of hydrogen-bond donors (Lipinski definition) is 1. The molecule has 1 saturated heterocycles. The fourth-order valence-corrected chi connectivity index (χ4v) is 1.44. The molecule has 74 valence electrons. The van der Waals surface area contributed by atoms with Crippen LogP contribution < -0.4 is 0 Å². The minimum Gasteiger partial charge on any atom is -0.386 e. The summed E-state index contributed by atoms with van der Waals surface area (Å²) in [6, 6.07) is 9.92. The van der Waals surface area contributed by atoms with Crippen LogP contribution in [0.1, 0.15) is 12.5 Å². The van der Waals surface area contributed by atoms with Gasteiger partial charge in [-0.15, -0.1) is 0 Å². The summed E-state index contributed by atoms with van der Waals surface area (Å²) in [6.45, 7) is 1.96. The summed E-state index contributed by atoms with van der Waals surface area (Å²) in [5.41, 5.74) is 1.10. The summed E-state index contributed by atoms with van der Waals surface area (Å²) in [4.78, 5) is 0. The molecule has 14 heavy (non-hydrogen) atoms. The molecule has 1 fully saturated rings. The average Bonchev–Trinajstić information content (AvgIpc) is 2.94. The monoisotopic (exact) mass is 190 g/mol. The van der Waals surface area contributed by atoms with Crippen LogP contribution in [0.15, 0.2) is 36.4 Å². The second kappa shape index (κ2) is 3.95. The zero-order chi connectivity index (χ0) is 9.97. The lowest BCUT2D eigenvalue weighted by Gasteiger charge is -1.99. The van der Waals surface area contributed by atoms with Gasteiger partial charge in [0.05, 0.1) is 6.10 Å². The maximum atomic E-state index is 9.61. The van der Waals surface area contributed by atoms with Gasteiger partial charge < -0.3 is 9.84 Å². The van der Waals surface area contributed by atoms with Crippen LogP contribution in [0.2, 0.25) is 0 Å². The van der Waals surface area contributed by atoms with Crippen LogP contribution in [-0.2, 0) is 4.74 Å². The standard InChI is InChI=1S/C12H14O2/c1-9-12(14-9)11(13)8-7-10-5-3-2-4-6-10/h2-9,11-13H,1H3/b8-7+/t9-,11+,12+/m0/s1. The average molecular weight is 190 g/mol. The molecule has 0 aromatic heterocycles. The molecule has 3 atom stereocenters. The van der Waals surface area contributed by atoms with Gasteiger partial charge in [-0.3, -0.25) is 0 Å². The van der Waals surface area contributed by atoms with E-state index in [0.29, 0.717) is 0 Å². The highest BCUT2D eigenvalue weighted by Gasteiger charge is 2.39. The lowest BCUT2D eigenvalue weighted by Crippen LogP contribution is -2.12. The van der Waals surface area contributed by atoms with Crippen LogP contribution in [0, 0.1) is 0 Å². The normalized spacial score (nSPS) is 27.9. The molecule has 1 heterocycles. The fraction of sp³-hybridized carbons (Fsp3) is 0.333. The smallest absolute Gasteiger partial charge is 0.113 e. The Morgan fingerprint density at radius 2 is 2.00 bits per heavy atom. The van der Waals surface area contributed by atoms with Crippen LogP contribution in [-0.4, -0.2) is 23.4 Å². The first-order chi connectivity index (χ1) is 6.77. The summed E-state index contributed by atoms with van der Waals surface area (Å²) in [5.74, 6) is 0. The molecule has 2 rings (SSSR count). The minimum absolute atomic E-state index is 0.00466. The quantitative estimate of drug-likeness (QED) is 0.738. The van der Waals surface area contributed by atoms with E-state index in [0.717, 1.165) is 5.56 Å². The van der Waals surface area contributed by atoms with Crippen LogP contribution in [0.25, 0.3) is 6.08 Å². The molecule has 1 aromatic rings. The molecule has 1 N–H and O–H groups in total. The third-order valence-electron chi connectivity index (χ3n) is 2.38. The van der Waals surface area contributed by atoms with Crippen LogP contribution in [0.5, 0.6) is 0 Å². The van der Waals surface area contributed by atoms with Crippen molar-refractivity contribution < 1.29 is 9.84 Å². The van der Waals surface area contributed by atoms with E-state index < -0.39 is 6.10 Å². The molecule has 2 nitrogen and oxygen atoms in total. The number of benzene rings is 1. The van der Waals surface area contributed by atoms with Crippen LogP contribution >= 0.6 is 0 Å². The molecule has 1 aliphatic rings. The molecule has 0 aliphatic carbocycles. The zero-order valence-electron chi connectivity index (χ0n) is 8.13. The molecule has 0 spiro atoms. The van der Waals surface area contributed by atoms with E-state index in [9.17, 15) is 5.11 Å². The van der Waals surface area contributed by atoms with Gasteiger partial charge in [0.1, 0.15) is 12.2 Å². The summed E-state index contributed by atoms with van der Waals surface area (Å²) in [6.07, 6.45) is 3.41. The molecular weight excluding hydrogens is 176 g/mol. The molecule has 0 unspecified atom stereocenters. The molecule has 1 aromatic carbocycles. The van der Waals surface area contributed by atoms with Crippen molar-refractivity contribution in [1.82, 2.24) is 0 Å². The molecule has 0 saturated carbocycles. The van der Waals surface area contributed by atoms with Crippen LogP contribution in [0.3, 0.4) is 0 Å². The molecule has 1 aliphatic heterocycles. The Balaban J connectivity index is 1.94. The van der Waals surface area contributed by atoms with Gasteiger partial charge in [0.15, 0.2) is 0 Å². The first-order valence-corrected chi connectivity index (χ1v) is 4.84. The topological polar surface area (TPSA) is 32.8 Å². The highest BCUT2D eigenvalue weighted by atomic mass is 16.6. The van der Waals surface area contributed by atoms with Crippen molar-refractivity contribution in [1.29, 1.82) is 0 Å². The predicted molar refractivity (Wildman–Crippen MR) is 55.8 cm³/mol. The Labute approximate surface area is 83.8 Å². The van der Waals surface area contributed by atoms with Gasteiger partial charge in [0, 0.05) is 0 Å². The van der Waals surface area contributed by atoms with Crippen molar-refractivity contribution in [2.24, 2.45) is 0 Å². The summed E-state index contributed by atoms with van der Waals surface area (Å²) >= 11 is 0. The number of hydrogen-bond acceptors (Lipinski definition) is 2. The van der Waals surface area contributed by atoms with Crippen molar-refractivity contribution in [2.45, 2.75) is 25.2 Å². The maximum Gasteiger partial charge on any atom is 0.113 e. The predicted octanol–water partition coefficient (Wildman–Crippen LogP) is 1.85. The lowest BCUT2D eigenvalue weighted by atomic mass is 10.1. The Hall–Kier alpha value is -1.12. The van der Waals surface area contributed by atoms with Crippen molar-refractivity contribution in [2.75, 3.05) is 0 Å². The van der Waals surface area contributed by atoms with Gasteiger partial charge in [-0.25, -0.2) is 0 Å². The second-order valence-electron chi connectivity index (χ2n) is 3.57. The van der Waals surface area contributed by atoms with E-state index in [4.69, 9.17) is 4.74 Å². The summed E-state index contributed by atoms with van der Waals surface area (Å²) in [5, 5.41) is 9.61. The van der Waals surface area contributed by atoms with Crippen LogP contribution in [0.4, 0.5) is 0 Å². The number of ether oxygens (including phenoxy) is 1. The summed E-state index contributed by atoms with van der Waals surface area (Å²) in [7, 11) is 0. The molecule has 2 heteroatoms. The molecule has 0 amide bonds. The highest BCUT2D eigenvalue weighted by molar-refractivity contribution is 5.49. The second-order valence-corrected chi connectivity index (χ2v) is 3.57. The van der Waals surface area contributed by atoms with Crippen molar-refractivity contribution in [3.63, 3.8) is 0 Å². The van der Waals surface area contributed by atoms with Gasteiger partial charge >= 0.3 is 0 Å². The fourth-order valence-electron chi connectivity index (χ4n) is 1.44. The van der Waals surface area contributed by atoms with Crippen molar-refractivity contribution in [3.05, 3.63) is 42.0 Å². The highest BCUT2D eigenvalue weighted by Crippen LogP contribution is 2.25. The number of aliphatic hydroxyl groups excluding tert-OH is 1.